The second-order valence-corrected chi connectivity index (χ2v) is 6.93. The molecular weight excluding hydrogens is 356 g/mol. The number of nitrogens with two attached hydrogens (primary N) is 2. The minimum Gasteiger partial charge on any atom is -0.368 e. The van der Waals surface area contributed by atoms with E-state index in [0.29, 0.717) is 41.7 Å². The number of aromatic nitrogens is 2. The molecule has 8 heteroatoms. The van der Waals surface area contributed by atoms with Crippen molar-refractivity contribution in [3.8, 4) is 0 Å². The van der Waals surface area contributed by atoms with Gasteiger partial charge in [-0.25, -0.2) is 9.97 Å². The summed E-state index contributed by atoms with van der Waals surface area (Å²) in [5.74, 6) is -0.775. The van der Waals surface area contributed by atoms with Crippen LogP contribution in [0.15, 0.2) is 55.0 Å². The van der Waals surface area contributed by atoms with Crippen LogP contribution in [-0.4, -0.2) is 40.4 Å². The summed E-state index contributed by atoms with van der Waals surface area (Å²) in [6.07, 6.45) is 3.52. The van der Waals surface area contributed by atoms with E-state index in [-0.39, 0.29) is 5.91 Å². The van der Waals surface area contributed by atoms with Crippen LogP contribution in [0.2, 0.25) is 0 Å². The van der Waals surface area contributed by atoms with Crippen LogP contribution >= 0.6 is 0 Å². The minimum absolute atomic E-state index is 0.226. The normalized spacial score (nSPS) is 19.0. The lowest BCUT2D eigenvalue weighted by Gasteiger charge is -2.25. The first-order valence-corrected chi connectivity index (χ1v) is 8.91. The number of hydrogen-bond acceptors (Lipinski definition) is 6. The zero-order chi connectivity index (χ0) is 19.7. The van der Waals surface area contributed by atoms with Crippen molar-refractivity contribution >= 4 is 34.1 Å². The monoisotopic (exact) mass is 376 g/mol. The van der Waals surface area contributed by atoms with Gasteiger partial charge in [-0.05, 0) is 30.7 Å². The molecule has 0 unspecified atom stereocenters. The van der Waals surface area contributed by atoms with Crippen LogP contribution in [0.1, 0.15) is 16.8 Å². The summed E-state index contributed by atoms with van der Waals surface area (Å²) >= 11 is 0. The van der Waals surface area contributed by atoms with Gasteiger partial charge in [0.1, 0.15) is 11.9 Å². The summed E-state index contributed by atoms with van der Waals surface area (Å²) in [5.41, 5.74) is 13.2. The molecule has 2 amide bonds. The van der Waals surface area contributed by atoms with Crippen molar-refractivity contribution in [1.82, 2.24) is 9.97 Å². The number of anilines is 2. The van der Waals surface area contributed by atoms with E-state index in [2.05, 4.69) is 15.3 Å². The summed E-state index contributed by atoms with van der Waals surface area (Å²) in [6, 6.07) is 12.7. The molecule has 1 saturated heterocycles. The van der Waals surface area contributed by atoms with Gasteiger partial charge in [-0.1, -0.05) is 18.2 Å². The third-order valence-electron chi connectivity index (χ3n) is 5.04. The molecule has 0 saturated carbocycles. The van der Waals surface area contributed by atoms with Crippen LogP contribution in [0.5, 0.6) is 0 Å². The highest BCUT2D eigenvalue weighted by Gasteiger charge is 2.41. The number of hydrogen-bond donors (Lipinski definition) is 3. The Kier molecular flexibility index (Phi) is 4.40. The number of nitrogens with one attached hydrogen (secondary N) is 1. The van der Waals surface area contributed by atoms with Gasteiger partial charge in [0, 0.05) is 36.0 Å². The molecule has 0 bridgehead atoms. The van der Waals surface area contributed by atoms with E-state index >= 15 is 0 Å². The number of primary amides is 1. The van der Waals surface area contributed by atoms with Gasteiger partial charge in [0.2, 0.25) is 5.91 Å². The van der Waals surface area contributed by atoms with Crippen LogP contribution in [0.3, 0.4) is 0 Å². The van der Waals surface area contributed by atoms with Crippen LogP contribution in [0, 0.1) is 0 Å². The molecule has 8 nitrogen and oxygen atoms in total. The Labute approximate surface area is 161 Å². The van der Waals surface area contributed by atoms with Crippen molar-refractivity contribution in [2.24, 2.45) is 11.5 Å². The van der Waals surface area contributed by atoms with Gasteiger partial charge in [0.15, 0.2) is 0 Å². The predicted molar refractivity (Wildman–Crippen MR) is 107 cm³/mol. The highest BCUT2D eigenvalue weighted by molar-refractivity contribution is 6.08. The number of amides is 2. The van der Waals surface area contributed by atoms with Crippen LogP contribution in [-0.2, 0) is 4.79 Å². The Morgan fingerprint density at radius 1 is 1.14 bits per heavy atom. The molecule has 4 rings (SSSR count). The molecule has 1 fully saturated rings. The third kappa shape index (κ3) is 3.14. The van der Waals surface area contributed by atoms with E-state index in [9.17, 15) is 9.59 Å². The Balaban J connectivity index is 1.61. The lowest BCUT2D eigenvalue weighted by Crippen LogP contribution is -2.53. The van der Waals surface area contributed by atoms with Crippen molar-refractivity contribution in [1.29, 1.82) is 0 Å². The molecule has 1 atom stereocenters. The lowest BCUT2D eigenvalue weighted by atomic mass is 9.99. The number of carbonyl (C=O) groups excluding carboxylic acids is 2. The molecule has 0 radical (unpaired) electrons. The highest BCUT2D eigenvalue weighted by Crippen LogP contribution is 2.32. The molecule has 0 aliphatic carbocycles. The molecule has 1 aliphatic rings. The fourth-order valence-electron chi connectivity index (χ4n) is 3.54. The van der Waals surface area contributed by atoms with Crippen molar-refractivity contribution in [2.45, 2.75) is 12.0 Å². The van der Waals surface area contributed by atoms with Gasteiger partial charge < -0.3 is 21.7 Å². The average molecular weight is 376 g/mol. The second kappa shape index (κ2) is 6.90. The SMILES string of the molecule is NC(=O)c1ccc(N2CC[C@@](N)(C(=O)Nc3ccccc3)C2)c2cncnc12. The summed E-state index contributed by atoms with van der Waals surface area (Å²) in [6.45, 7) is 0.935. The Morgan fingerprint density at radius 3 is 2.68 bits per heavy atom. The number of para-hydroxylation sites is 1. The zero-order valence-corrected chi connectivity index (χ0v) is 15.1. The predicted octanol–water partition coefficient (Wildman–Crippen LogP) is 1.27. The standard InChI is InChI=1S/C20H20N6O2/c21-18(27)14-6-7-16(15-10-23-12-24-17(14)15)26-9-8-20(22,11-26)19(28)25-13-4-2-1-3-5-13/h1-7,10,12H,8-9,11,22H2,(H2,21,27)(H,25,28)/t20-/m0/s1. The molecule has 1 aliphatic heterocycles. The summed E-state index contributed by atoms with van der Waals surface area (Å²) < 4.78 is 0. The third-order valence-corrected chi connectivity index (χ3v) is 5.04. The number of nitrogens with zero attached hydrogens (tertiary/aromatic N) is 3. The van der Waals surface area contributed by atoms with Gasteiger partial charge in [0.25, 0.3) is 5.91 Å². The fraction of sp³-hybridized carbons (Fsp3) is 0.200. The summed E-state index contributed by atoms with van der Waals surface area (Å²) in [7, 11) is 0. The molecule has 28 heavy (non-hydrogen) atoms. The van der Waals surface area contributed by atoms with Gasteiger partial charge in [-0.2, -0.15) is 0 Å². The van der Waals surface area contributed by atoms with E-state index in [4.69, 9.17) is 11.5 Å². The Morgan fingerprint density at radius 2 is 1.93 bits per heavy atom. The summed E-state index contributed by atoms with van der Waals surface area (Å²) in [5, 5.41) is 3.58. The van der Waals surface area contributed by atoms with Crippen LogP contribution < -0.4 is 21.7 Å². The topological polar surface area (TPSA) is 127 Å². The zero-order valence-electron chi connectivity index (χ0n) is 15.1. The molecule has 2 aromatic carbocycles. The molecule has 5 N–H and O–H groups in total. The van der Waals surface area contributed by atoms with Gasteiger partial charge in [-0.3, -0.25) is 9.59 Å². The molecule has 142 valence electrons. The molecule has 3 aromatic rings. The van der Waals surface area contributed by atoms with E-state index in [1.807, 2.05) is 35.2 Å². The smallest absolute Gasteiger partial charge is 0.250 e. The van der Waals surface area contributed by atoms with E-state index < -0.39 is 11.4 Å². The Hall–Kier alpha value is -3.52. The number of fused-ring (bicyclic) bond motifs is 1. The van der Waals surface area contributed by atoms with Crippen molar-refractivity contribution in [2.75, 3.05) is 23.3 Å². The minimum atomic E-state index is -1.03. The molecular formula is C20H20N6O2. The lowest BCUT2D eigenvalue weighted by molar-refractivity contribution is -0.120. The first-order valence-electron chi connectivity index (χ1n) is 8.91. The van der Waals surface area contributed by atoms with E-state index in [0.717, 1.165) is 5.69 Å². The largest absolute Gasteiger partial charge is 0.368 e. The number of rotatable bonds is 4. The maximum atomic E-state index is 12.8. The van der Waals surface area contributed by atoms with E-state index in [1.165, 1.54) is 6.33 Å². The highest BCUT2D eigenvalue weighted by atomic mass is 16.2. The average Bonchev–Trinajstić information content (AvgIpc) is 3.11. The molecule has 0 spiro atoms. The van der Waals surface area contributed by atoms with Gasteiger partial charge in [-0.15, -0.1) is 0 Å². The van der Waals surface area contributed by atoms with Gasteiger partial charge in [0.05, 0.1) is 11.1 Å². The first-order chi connectivity index (χ1) is 13.5. The quantitative estimate of drug-likeness (QED) is 0.629. The number of benzene rings is 2. The first kappa shape index (κ1) is 17.9. The van der Waals surface area contributed by atoms with Crippen LogP contribution in [0.4, 0.5) is 11.4 Å². The number of carbonyl (C=O) groups is 2. The maximum Gasteiger partial charge on any atom is 0.250 e. The second-order valence-electron chi connectivity index (χ2n) is 6.93. The molecule has 2 heterocycles. The molecule has 1 aromatic heterocycles. The van der Waals surface area contributed by atoms with Crippen molar-refractivity contribution in [3.63, 3.8) is 0 Å². The summed E-state index contributed by atoms with van der Waals surface area (Å²) in [4.78, 5) is 34.8. The maximum absolute atomic E-state index is 12.8. The van der Waals surface area contributed by atoms with Gasteiger partial charge >= 0.3 is 0 Å². The van der Waals surface area contributed by atoms with Crippen LogP contribution in [0.25, 0.3) is 10.9 Å². The Bertz CT molecular complexity index is 1060. The van der Waals surface area contributed by atoms with Crippen molar-refractivity contribution in [3.05, 3.63) is 60.6 Å². The fourth-order valence-corrected chi connectivity index (χ4v) is 3.54. The van der Waals surface area contributed by atoms with E-state index in [1.54, 1.807) is 18.3 Å². The van der Waals surface area contributed by atoms with Crippen molar-refractivity contribution < 1.29 is 9.59 Å².